The lowest BCUT2D eigenvalue weighted by Gasteiger charge is -2.21. The first-order valence-corrected chi connectivity index (χ1v) is 43.1. The summed E-state index contributed by atoms with van der Waals surface area (Å²) in [5.41, 5.74) is 0. The van der Waals surface area contributed by atoms with Crippen LogP contribution in [0.15, 0.2) is 146 Å². The van der Waals surface area contributed by atoms with Crippen molar-refractivity contribution in [3.63, 3.8) is 0 Å². The van der Waals surface area contributed by atoms with Gasteiger partial charge in [0.1, 0.15) is 19.3 Å². The average Bonchev–Trinajstić information content (AvgIpc) is 0.931. The van der Waals surface area contributed by atoms with Crippen LogP contribution in [0.25, 0.3) is 0 Å². The minimum atomic E-state index is -4.99. The number of phosphoric acid groups is 2. The van der Waals surface area contributed by atoms with E-state index in [-0.39, 0.29) is 25.7 Å². The molecule has 594 valence electrons. The SMILES string of the molecule is CC/C=C\C/C=C\C/C=C\C/C=C\C/C=C\CCCCCC(=O)OCC(COP(=O)(O)OCC(O)COP(=O)(O)OCC(COC(=O)CCCCCCCCC/C=C\C/C=C\C/C=C\CC)OC(=O)CCCCCCCCC/C=C\C/C=C\C/C=C\CC)OC(=O)CCCCCCC/C=C\CCCC. The molecule has 19 heteroatoms. The molecule has 0 rings (SSSR count). The molecule has 0 aromatic carbocycles. The summed E-state index contributed by atoms with van der Waals surface area (Å²) in [6, 6.07) is 0. The van der Waals surface area contributed by atoms with Gasteiger partial charge in [-0.3, -0.25) is 37.3 Å². The molecular formula is C85H142O17P2. The highest BCUT2D eigenvalue weighted by atomic mass is 31.2. The summed E-state index contributed by atoms with van der Waals surface area (Å²) in [6.07, 6.45) is 86.8. The number of unbranched alkanes of at least 4 members (excludes halogenated alkanes) is 24. The molecular weight excluding hydrogens is 1350 g/mol. The van der Waals surface area contributed by atoms with Crippen LogP contribution in [0.2, 0.25) is 0 Å². The topological polar surface area (TPSA) is 237 Å². The van der Waals surface area contributed by atoms with Gasteiger partial charge in [0.2, 0.25) is 0 Å². The lowest BCUT2D eigenvalue weighted by molar-refractivity contribution is -0.161. The molecule has 17 nitrogen and oxygen atoms in total. The minimum absolute atomic E-state index is 0.0731. The fourth-order valence-corrected chi connectivity index (χ4v) is 11.8. The van der Waals surface area contributed by atoms with E-state index in [0.29, 0.717) is 25.7 Å². The number of carbonyl (C=O) groups excluding carboxylic acids is 4. The molecule has 0 aliphatic heterocycles. The van der Waals surface area contributed by atoms with Crippen LogP contribution in [-0.4, -0.2) is 96.7 Å². The molecule has 0 spiro atoms. The highest BCUT2D eigenvalue weighted by Gasteiger charge is 2.30. The Labute approximate surface area is 630 Å². The molecule has 104 heavy (non-hydrogen) atoms. The second-order valence-electron chi connectivity index (χ2n) is 26.2. The van der Waals surface area contributed by atoms with Gasteiger partial charge < -0.3 is 33.8 Å². The van der Waals surface area contributed by atoms with Gasteiger partial charge in [0.05, 0.1) is 26.4 Å². The number of rotatable bonds is 74. The number of esters is 4. The Morgan fingerprint density at radius 2 is 0.500 bits per heavy atom. The summed E-state index contributed by atoms with van der Waals surface area (Å²) < 4.78 is 68.6. The van der Waals surface area contributed by atoms with E-state index in [2.05, 4.69) is 174 Å². The van der Waals surface area contributed by atoms with Gasteiger partial charge in [0.15, 0.2) is 12.2 Å². The number of aliphatic hydroxyl groups excluding tert-OH is 1. The Balaban J connectivity index is 5.38. The van der Waals surface area contributed by atoms with Crippen molar-refractivity contribution < 1.29 is 80.2 Å². The summed E-state index contributed by atoms with van der Waals surface area (Å²) in [5, 5.41) is 10.6. The predicted molar refractivity (Wildman–Crippen MR) is 427 cm³/mol. The van der Waals surface area contributed by atoms with Crippen LogP contribution >= 0.6 is 15.6 Å². The van der Waals surface area contributed by atoms with Crippen LogP contribution in [0.5, 0.6) is 0 Å². The maximum absolute atomic E-state index is 13.1. The van der Waals surface area contributed by atoms with Gasteiger partial charge in [-0.05, 0) is 154 Å². The first-order valence-electron chi connectivity index (χ1n) is 40.1. The third-order valence-electron chi connectivity index (χ3n) is 16.3. The molecule has 0 aliphatic rings. The number of allylic oxidation sites excluding steroid dienone is 24. The zero-order valence-corrected chi connectivity index (χ0v) is 66.7. The van der Waals surface area contributed by atoms with Crippen LogP contribution in [0, 0.1) is 0 Å². The first kappa shape index (κ1) is 98.9. The number of carbonyl (C=O) groups is 4. The standard InChI is InChI=1S/C85H142O17P2/c1-5-9-13-17-21-25-29-32-35-38-39-42-44-47-51-54-58-62-66-70-82(87)95-75-80(101-84(89)71-67-63-59-55-49-28-24-20-16-12-8-4)77-99-103(91,92)97-73-79(86)74-98-104(93,94)100-78-81(102-85(90)72-68-64-60-56-52-48-45-41-37-34-31-27-23-19-15-11-7-3)76-96-83(88)69-65-61-57-53-50-46-43-40-36-33-30-26-22-18-14-10-6-2/h9-11,13-15,20-27,32-37,39,42,47,51,79-81,86H,5-8,12,16-19,28-31,38,40-41,43-46,48-50,52-78H2,1-4H3,(H,91,92)(H,93,94)/b13-9-,14-10-,15-11-,24-20-,25-21-,26-22-,27-23-,35-32-,36-33-,37-34-,42-39-,51-47-. The fourth-order valence-electron chi connectivity index (χ4n) is 10.3. The van der Waals surface area contributed by atoms with E-state index in [1.54, 1.807) is 0 Å². The van der Waals surface area contributed by atoms with Gasteiger partial charge in [-0.25, -0.2) is 9.13 Å². The monoisotopic (exact) mass is 1500 g/mol. The first-order chi connectivity index (χ1) is 50.7. The van der Waals surface area contributed by atoms with Gasteiger partial charge in [-0.2, -0.15) is 0 Å². The largest absolute Gasteiger partial charge is 0.472 e. The highest BCUT2D eigenvalue weighted by molar-refractivity contribution is 7.47. The van der Waals surface area contributed by atoms with Crippen molar-refractivity contribution in [2.45, 2.75) is 329 Å². The summed E-state index contributed by atoms with van der Waals surface area (Å²) in [6.45, 7) is 4.44. The van der Waals surface area contributed by atoms with E-state index in [0.717, 1.165) is 218 Å². The van der Waals surface area contributed by atoms with E-state index < -0.39 is 97.5 Å². The molecule has 0 bridgehead atoms. The van der Waals surface area contributed by atoms with E-state index in [1.165, 1.54) is 12.8 Å². The molecule has 0 heterocycles. The van der Waals surface area contributed by atoms with Crippen molar-refractivity contribution >= 4 is 39.5 Å². The number of phosphoric ester groups is 2. The van der Waals surface area contributed by atoms with E-state index in [1.807, 2.05) is 0 Å². The van der Waals surface area contributed by atoms with Crippen molar-refractivity contribution in [1.29, 1.82) is 0 Å². The second kappa shape index (κ2) is 76.1. The Morgan fingerprint density at radius 1 is 0.279 bits per heavy atom. The fraction of sp³-hybridized carbons (Fsp3) is 0.671. The molecule has 0 saturated heterocycles. The maximum Gasteiger partial charge on any atom is 0.472 e. The number of hydrogen-bond donors (Lipinski definition) is 3. The van der Waals surface area contributed by atoms with Gasteiger partial charge >= 0.3 is 39.5 Å². The smallest absolute Gasteiger partial charge is 0.462 e. The zero-order chi connectivity index (χ0) is 76.0. The normalized spacial score (nSPS) is 14.6. The Bertz CT molecular complexity index is 2540. The van der Waals surface area contributed by atoms with E-state index >= 15 is 0 Å². The van der Waals surface area contributed by atoms with Crippen molar-refractivity contribution in [2.75, 3.05) is 39.6 Å². The van der Waals surface area contributed by atoms with Crippen molar-refractivity contribution in [1.82, 2.24) is 0 Å². The van der Waals surface area contributed by atoms with E-state index in [9.17, 15) is 43.2 Å². The van der Waals surface area contributed by atoms with Crippen LogP contribution in [0.4, 0.5) is 0 Å². The predicted octanol–water partition coefficient (Wildman–Crippen LogP) is 23.4. The van der Waals surface area contributed by atoms with Crippen molar-refractivity contribution in [3.8, 4) is 0 Å². The molecule has 0 saturated carbocycles. The molecule has 0 aromatic heterocycles. The lowest BCUT2D eigenvalue weighted by atomic mass is 10.1. The van der Waals surface area contributed by atoms with Crippen LogP contribution < -0.4 is 0 Å². The number of hydrogen-bond acceptors (Lipinski definition) is 15. The molecule has 5 unspecified atom stereocenters. The molecule has 5 atom stereocenters. The Morgan fingerprint density at radius 3 is 0.788 bits per heavy atom. The molecule has 0 radical (unpaired) electrons. The minimum Gasteiger partial charge on any atom is -0.462 e. The summed E-state index contributed by atoms with van der Waals surface area (Å²) in [5.74, 6) is -2.24. The van der Waals surface area contributed by atoms with Gasteiger partial charge in [-0.1, -0.05) is 276 Å². The maximum atomic E-state index is 13.1. The third-order valence-corrected chi connectivity index (χ3v) is 18.2. The van der Waals surface area contributed by atoms with Crippen molar-refractivity contribution in [2.24, 2.45) is 0 Å². The lowest BCUT2D eigenvalue weighted by Crippen LogP contribution is -2.30. The molecule has 0 aliphatic carbocycles. The van der Waals surface area contributed by atoms with Crippen molar-refractivity contribution in [3.05, 3.63) is 146 Å². The van der Waals surface area contributed by atoms with Gasteiger partial charge in [0.25, 0.3) is 0 Å². The van der Waals surface area contributed by atoms with Crippen LogP contribution in [0.1, 0.15) is 310 Å². The Hall–Kier alpha value is -5.06. The third kappa shape index (κ3) is 75.2. The molecule has 0 fully saturated rings. The van der Waals surface area contributed by atoms with Gasteiger partial charge in [0, 0.05) is 25.7 Å². The average molecular weight is 1500 g/mol. The summed E-state index contributed by atoms with van der Waals surface area (Å²) >= 11 is 0. The molecule has 0 amide bonds. The van der Waals surface area contributed by atoms with Gasteiger partial charge in [-0.15, -0.1) is 0 Å². The van der Waals surface area contributed by atoms with Crippen LogP contribution in [0.3, 0.4) is 0 Å². The zero-order valence-electron chi connectivity index (χ0n) is 64.9. The highest BCUT2D eigenvalue weighted by Crippen LogP contribution is 2.45. The number of aliphatic hydroxyl groups is 1. The van der Waals surface area contributed by atoms with Crippen LogP contribution in [-0.2, 0) is 65.4 Å². The van der Waals surface area contributed by atoms with E-state index in [4.69, 9.17) is 37.0 Å². The summed E-state index contributed by atoms with van der Waals surface area (Å²) in [4.78, 5) is 73.0. The summed E-state index contributed by atoms with van der Waals surface area (Å²) in [7, 11) is -9.98. The molecule has 0 aromatic rings. The molecule has 3 N–H and O–H groups in total. The number of ether oxygens (including phenoxy) is 4. The quantitative estimate of drug-likeness (QED) is 0.0169. The second-order valence-corrected chi connectivity index (χ2v) is 29.1. The Kier molecular flexibility index (Phi) is 72.4.